The normalized spacial score (nSPS) is 17.2. The van der Waals surface area contributed by atoms with Crippen LogP contribution in [0.25, 0.3) is 22.3 Å². The van der Waals surface area contributed by atoms with Crippen LogP contribution in [0.5, 0.6) is 0 Å². The van der Waals surface area contributed by atoms with Gasteiger partial charge < -0.3 is 21.1 Å². The smallest absolute Gasteiger partial charge is 0.410 e. The van der Waals surface area contributed by atoms with Crippen molar-refractivity contribution < 1.29 is 13.9 Å². The summed E-state index contributed by atoms with van der Waals surface area (Å²) in [4.78, 5) is 22.7. The number of aromatic nitrogens is 4. The maximum Gasteiger partial charge on any atom is 0.410 e. The summed E-state index contributed by atoms with van der Waals surface area (Å²) < 4.78 is 21.4. The minimum atomic E-state index is -0.573. The molecule has 1 aromatic carbocycles. The number of rotatable bonds is 2. The fourth-order valence-electron chi connectivity index (χ4n) is 3.77. The predicted octanol–water partition coefficient (Wildman–Crippen LogP) is 3.37. The number of likely N-dealkylation sites (tertiary alicyclic amines) is 1. The molecule has 0 radical (unpaired) electrons. The second-order valence-corrected chi connectivity index (χ2v) is 8.71. The van der Waals surface area contributed by atoms with Crippen LogP contribution in [0.15, 0.2) is 24.5 Å². The lowest BCUT2D eigenvalue weighted by Crippen LogP contribution is -2.43. The molecule has 1 unspecified atom stereocenters. The summed E-state index contributed by atoms with van der Waals surface area (Å²) in [7, 11) is 0. The van der Waals surface area contributed by atoms with Crippen molar-refractivity contribution in [1.29, 1.82) is 0 Å². The Balaban J connectivity index is 1.73. The molecule has 164 valence electrons. The zero-order valence-corrected chi connectivity index (χ0v) is 17.8. The molecular weight excluding hydrogens is 401 g/mol. The van der Waals surface area contributed by atoms with Crippen molar-refractivity contribution >= 4 is 28.6 Å². The number of anilines is 2. The van der Waals surface area contributed by atoms with E-state index in [2.05, 4.69) is 9.97 Å². The Bertz CT molecular complexity index is 1140. The number of hydrogen-bond donors (Lipinski definition) is 2. The SMILES string of the molecule is CC(C)(C)OC(=O)N1CCCC(n2nc(-c3ccc(N)c(F)c3)c3c(N)ncnc32)C1. The first kappa shape index (κ1) is 20.8. The van der Waals surface area contributed by atoms with E-state index in [0.717, 1.165) is 12.8 Å². The molecule has 1 aliphatic heterocycles. The highest BCUT2D eigenvalue weighted by Gasteiger charge is 2.31. The monoisotopic (exact) mass is 427 g/mol. The van der Waals surface area contributed by atoms with E-state index in [1.807, 2.05) is 20.8 Å². The molecule has 1 amide bonds. The van der Waals surface area contributed by atoms with Crippen LogP contribution in [0.1, 0.15) is 39.7 Å². The minimum absolute atomic E-state index is 0.0528. The van der Waals surface area contributed by atoms with Gasteiger partial charge in [-0.2, -0.15) is 5.10 Å². The number of benzene rings is 1. The molecule has 31 heavy (non-hydrogen) atoms. The number of nitrogen functional groups attached to an aromatic ring is 2. The third-order valence-corrected chi connectivity index (χ3v) is 5.19. The largest absolute Gasteiger partial charge is 0.444 e. The van der Waals surface area contributed by atoms with E-state index >= 15 is 0 Å². The van der Waals surface area contributed by atoms with Crippen LogP contribution in [0.2, 0.25) is 0 Å². The van der Waals surface area contributed by atoms with Gasteiger partial charge in [0.05, 0.1) is 17.1 Å². The van der Waals surface area contributed by atoms with Gasteiger partial charge in [0.25, 0.3) is 0 Å². The number of ether oxygens (including phenoxy) is 1. The van der Waals surface area contributed by atoms with E-state index in [1.54, 1.807) is 15.6 Å². The van der Waals surface area contributed by atoms with Crippen LogP contribution < -0.4 is 11.5 Å². The Labute approximate surface area is 179 Å². The van der Waals surface area contributed by atoms with Gasteiger partial charge in [-0.15, -0.1) is 0 Å². The van der Waals surface area contributed by atoms with Crippen molar-refractivity contribution in [3.8, 4) is 11.3 Å². The minimum Gasteiger partial charge on any atom is -0.444 e. The van der Waals surface area contributed by atoms with Crippen molar-refractivity contribution in [2.45, 2.75) is 45.3 Å². The van der Waals surface area contributed by atoms with Gasteiger partial charge in [-0.1, -0.05) is 6.07 Å². The molecule has 1 aliphatic rings. The van der Waals surface area contributed by atoms with Crippen molar-refractivity contribution in [2.24, 2.45) is 0 Å². The first-order valence-electron chi connectivity index (χ1n) is 10.2. The van der Waals surface area contributed by atoms with Gasteiger partial charge in [0.15, 0.2) is 5.65 Å². The Hall–Kier alpha value is -3.43. The average Bonchev–Trinajstić information content (AvgIpc) is 3.10. The number of carbonyl (C=O) groups is 1. The standard InChI is InChI=1S/C21H26FN7O2/c1-21(2,3)31-20(30)28-8-4-5-13(10-28)29-19-16(18(24)25-11-26-19)17(27-29)12-6-7-15(23)14(22)9-12/h6-7,9,11,13H,4-5,8,10,23H2,1-3H3,(H2,24,25,26). The fraction of sp³-hybridized carbons (Fsp3) is 0.429. The average molecular weight is 427 g/mol. The van der Waals surface area contributed by atoms with Crippen molar-refractivity contribution in [3.63, 3.8) is 0 Å². The zero-order chi connectivity index (χ0) is 22.3. The molecule has 9 nitrogen and oxygen atoms in total. The van der Waals surface area contributed by atoms with Gasteiger partial charge in [0, 0.05) is 18.7 Å². The number of halogens is 1. The third kappa shape index (κ3) is 4.10. The zero-order valence-electron chi connectivity index (χ0n) is 17.8. The molecule has 0 saturated carbocycles. The molecule has 3 aromatic rings. The van der Waals surface area contributed by atoms with Gasteiger partial charge >= 0.3 is 6.09 Å². The van der Waals surface area contributed by atoms with E-state index in [9.17, 15) is 9.18 Å². The maximum atomic E-state index is 14.1. The van der Waals surface area contributed by atoms with Crippen molar-refractivity contribution in [2.75, 3.05) is 24.6 Å². The number of nitrogens with zero attached hydrogens (tertiary/aromatic N) is 5. The number of fused-ring (bicyclic) bond motifs is 1. The Morgan fingerprint density at radius 1 is 1.26 bits per heavy atom. The lowest BCUT2D eigenvalue weighted by molar-refractivity contribution is 0.0169. The molecule has 1 fully saturated rings. The molecule has 0 spiro atoms. The number of amides is 1. The Kier molecular flexibility index (Phi) is 5.16. The van der Waals surface area contributed by atoms with E-state index in [-0.39, 0.29) is 23.6 Å². The highest BCUT2D eigenvalue weighted by Crippen LogP contribution is 2.34. The van der Waals surface area contributed by atoms with Crippen LogP contribution in [-0.2, 0) is 4.74 Å². The van der Waals surface area contributed by atoms with E-state index in [0.29, 0.717) is 35.4 Å². The molecule has 3 heterocycles. The summed E-state index contributed by atoms with van der Waals surface area (Å²) in [6.45, 7) is 6.55. The summed E-state index contributed by atoms with van der Waals surface area (Å²) in [5.74, 6) is -0.285. The van der Waals surface area contributed by atoms with E-state index in [4.69, 9.17) is 21.3 Å². The van der Waals surface area contributed by atoms with Crippen LogP contribution >= 0.6 is 0 Å². The van der Waals surface area contributed by atoms with E-state index in [1.165, 1.54) is 18.5 Å². The van der Waals surface area contributed by atoms with E-state index < -0.39 is 11.4 Å². The van der Waals surface area contributed by atoms with Gasteiger partial charge in [-0.3, -0.25) is 0 Å². The number of nitrogens with two attached hydrogens (primary N) is 2. The summed E-state index contributed by atoms with van der Waals surface area (Å²) >= 11 is 0. The summed E-state index contributed by atoms with van der Waals surface area (Å²) in [6, 6.07) is 4.36. The van der Waals surface area contributed by atoms with Gasteiger partial charge in [0.1, 0.15) is 29.3 Å². The summed E-state index contributed by atoms with van der Waals surface area (Å²) in [5, 5.41) is 5.27. The van der Waals surface area contributed by atoms with Crippen molar-refractivity contribution in [3.05, 3.63) is 30.3 Å². The van der Waals surface area contributed by atoms with Crippen LogP contribution in [0, 0.1) is 5.82 Å². The third-order valence-electron chi connectivity index (χ3n) is 5.19. The molecule has 0 aliphatic carbocycles. The Morgan fingerprint density at radius 2 is 2.03 bits per heavy atom. The highest BCUT2D eigenvalue weighted by atomic mass is 19.1. The second-order valence-electron chi connectivity index (χ2n) is 8.71. The molecule has 0 bridgehead atoms. The molecule has 2 aromatic heterocycles. The lowest BCUT2D eigenvalue weighted by Gasteiger charge is -2.34. The van der Waals surface area contributed by atoms with Gasteiger partial charge in [-0.25, -0.2) is 23.8 Å². The molecule has 1 atom stereocenters. The van der Waals surface area contributed by atoms with Crippen LogP contribution in [0.4, 0.5) is 20.7 Å². The van der Waals surface area contributed by atoms with Crippen LogP contribution in [-0.4, -0.2) is 49.4 Å². The topological polar surface area (TPSA) is 125 Å². The molecule has 4 N–H and O–H groups in total. The fourth-order valence-corrected chi connectivity index (χ4v) is 3.77. The van der Waals surface area contributed by atoms with Crippen molar-refractivity contribution in [1.82, 2.24) is 24.6 Å². The predicted molar refractivity (Wildman–Crippen MR) is 116 cm³/mol. The quantitative estimate of drug-likeness (QED) is 0.601. The van der Waals surface area contributed by atoms with Crippen LogP contribution in [0.3, 0.4) is 0 Å². The number of hydrogen-bond acceptors (Lipinski definition) is 7. The summed E-state index contributed by atoms with van der Waals surface area (Å²) in [5.41, 5.74) is 12.8. The molecule has 4 rings (SSSR count). The Morgan fingerprint density at radius 3 is 2.74 bits per heavy atom. The lowest BCUT2D eigenvalue weighted by atomic mass is 10.1. The molecule has 1 saturated heterocycles. The summed E-state index contributed by atoms with van der Waals surface area (Å²) in [6.07, 6.45) is 2.61. The number of carbonyl (C=O) groups excluding carboxylic acids is 1. The highest BCUT2D eigenvalue weighted by molar-refractivity contribution is 5.98. The second kappa shape index (κ2) is 7.68. The maximum absolute atomic E-state index is 14.1. The first-order valence-corrected chi connectivity index (χ1v) is 10.2. The molecule has 10 heteroatoms. The molecular formula is C21H26FN7O2. The van der Waals surface area contributed by atoms with Gasteiger partial charge in [-0.05, 0) is 45.7 Å². The first-order chi connectivity index (χ1) is 14.6. The van der Waals surface area contributed by atoms with Gasteiger partial charge in [0.2, 0.25) is 0 Å². The number of piperidine rings is 1.